The number of nitrogens with one attached hydrogen (secondary N) is 1. The van der Waals surface area contributed by atoms with E-state index in [4.69, 9.17) is 4.74 Å². The van der Waals surface area contributed by atoms with Crippen molar-refractivity contribution < 1.29 is 45.3 Å². The minimum absolute atomic E-state index is 0.0116. The van der Waals surface area contributed by atoms with Crippen molar-refractivity contribution in [1.82, 2.24) is 5.32 Å². The van der Waals surface area contributed by atoms with Crippen molar-refractivity contribution in [3.8, 4) is 46.7 Å². The number of Topliss-reactive ketones (excluding diaryl/α,β-unsaturated/α-hetero) is 1. The summed E-state index contributed by atoms with van der Waals surface area (Å²) in [7, 11) is 1.51. The van der Waals surface area contributed by atoms with Gasteiger partial charge in [0.25, 0.3) is 0 Å². The second-order valence-corrected chi connectivity index (χ2v) is 28.2. The summed E-state index contributed by atoms with van der Waals surface area (Å²) in [6.45, 7) is -0.396. The number of ether oxygens (including phenoxy) is 1. The Kier molecular flexibility index (Phi) is 10.6. The molecule has 5 fully saturated rings. The van der Waals surface area contributed by atoms with Crippen LogP contribution >= 0.6 is 0 Å². The number of fused-ring (bicyclic) bond motifs is 5. The highest BCUT2D eigenvalue weighted by Crippen LogP contribution is 2.85. The molecule has 1 saturated heterocycles. The number of phenols is 3. The number of hydrogen-bond acceptors (Lipinski definition) is 10. The van der Waals surface area contributed by atoms with Crippen molar-refractivity contribution >= 4 is 5.78 Å². The van der Waals surface area contributed by atoms with Crippen molar-refractivity contribution in [1.29, 1.82) is 0 Å². The number of hydrogen-bond donors (Lipinski definition) is 8. The van der Waals surface area contributed by atoms with Crippen molar-refractivity contribution in [2.75, 3.05) is 7.11 Å². The predicted octanol–water partition coefficient (Wildman–Crippen LogP) is 9.33. The van der Waals surface area contributed by atoms with E-state index < -0.39 is 76.9 Å². The average Bonchev–Trinajstić information content (AvgIpc) is 0.759. The molecular formula is C72H73NO9. The molecule has 420 valence electrons. The molecule has 16 aliphatic carbocycles. The van der Waals surface area contributed by atoms with Crippen molar-refractivity contribution in [2.45, 2.75) is 162 Å². The number of methoxy groups -OCH3 is 1. The molecule has 1 aliphatic heterocycles. The first-order valence-electron chi connectivity index (χ1n) is 31.0. The maximum absolute atomic E-state index is 17.2. The van der Waals surface area contributed by atoms with E-state index >= 15 is 9.90 Å². The van der Waals surface area contributed by atoms with Crippen LogP contribution in [0.1, 0.15) is 145 Å². The van der Waals surface area contributed by atoms with E-state index in [1.165, 1.54) is 18.3 Å². The molecule has 21 rings (SSSR count). The smallest absolute Gasteiger partial charge is 0.160 e. The molecule has 10 heteroatoms. The van der Waals surface area contributed by atoms with Crippen LogP contribution in [0.2, 0.25) is 0 Å². The minimum atomic E-state index is -1.70. The summed E-state index contributed by atoms with van der Waals surface area (Å²) in [5.74, 6) is 11.8. The molecular weight excluding hydrogens is 1020 g/mol. The van der Waals surface area contributed by atoms with Gasteiger partial charge in [0, 0.05) is 64.8 Å². The minimum Gasteiger partial charge on any atom is -0.504 e. The molecule has 4 aromatic rings. The standard InChI is InChI=1S/C72H73NO9/c1-82-64-31-50(44(35-74)26-63(64)80)49-28-60(77)56-25-43-22-38-20-40-13-15-58(75)48(66(40)43)10-5-11-57-47(14-12-39(49)19-37-7-3-2-4-8-37)67-71(56,81)18-17-69(73-57)34-46-24-41-23-42(21-38)59(76)29-51(41)54-27-45-9-6-16-68(45)36-70(46,54)65-33-53(68)52-30-61(78)62(79)32-55(52)72(65,67)69/h2-4,7-8,20,22-24,26-27,30-32,39,45-49,51,53,56-59,65,67,73-76,78-81H,6,9,11,13,15-19,21,25,28-29,33-36H2,1H3. The molecule has 17 bridgehead atoms. The van der Waals surface area contributed by atoms with Gasteiger partial charge in [0.1, 0.15) is 5.78 Å². The van der Waals surface area contributed by atoms with Crippen LogP contribution in [0.5, 0.6) is 23.0 Å². The van der Waals surface area contributed by atoms with Gasteiger partial charge in [-0.25, -0.2) is 0 Å². The van der Waals surface area contributed by atoms with E-state index in [1.807, 2.05) is 30.3 Å². The van der Waals surface area contributed by atoms with Crippen LogP contribution in [-0.4, -0.2) is 78.0 Å². The third-order valence-electron chi connectivity index (χ3n) is 25.3. The van der Waals surface area contributed by atoms with Crippen molar-refractivity contribution in [3.63, 3.8) is 0 Å². The van der Waals surface area contributed by atoms with E-state index in [0.29, 0.717) is 68.4 Å². The quantitative estimate of drug-likeness (QED) is 0.0546. The van der Waals surface area contributed by atoms with E-state index in [1.54, 1.807) is 12.1 Å². The van der Waals surface area contributed by atoms with Gasteiger partial charge in [0.15, 0.2) is 23.0 Å². The number of aliphatic hydroxyl groups excluding tert-OH is 3. The Balaban J connectivity index is 1.02. The van der Waals surface area contributed by atoms with Gasteiger partial charge < -0.3 is 45.8 Å². The predicted molar refractivity (Wildman–Crippen MR) is 308 cm³/mol. The van der Waals surface area contributed by atoms with Crippen LogP contribution in [0.4, 0.5) is 0 Å². The van der Waals surface area contributed by atoms with Crippen molar-refractivity contribution in [2.24, 2.45) is 58.2 Å². The molecule has 19 unspecified atom stereocenters. The molecule has 10 nitrogen and oxygen atoms in total. The van der Waals surface area contributed by atoms with Crippen molar-refractivity contribution in [3.05, 3.63) is 152 Å². The second kappa shape index (κ2) is 17.3. The van der Waals surface area contributed by atoms with Gasteiger partial charge in [-0.2, -0.15) is 0 Å². The van der Waals surface area contributed by atoms with Crippen LogP contribution in [0.3, 0.4) is 0 Å². The first kappa shape index (κ1) is 50.4. The average molecular weight is 1100 g/mol. The lowest BCUT2D eigenvalue weighted by Gasteiger charge is -2.82. The Labute approximate surface area is 479 Å². The van der Waals surface area contributed by atoms with E-state index in [9.17, 15) is 30.6 Å². The summed E-state index contributed by atoms with van der Waals surface area (Å²) in [5.41, 5.74) is 8.21. The third kappa shape index (κ3) is 6.34. The zero-order valence-electron chi connectivity index (χ0n) is 46.6. The van der Waals surface area contributed by atoms with Gasteiger partial charge >= 0.3 is 0 Å². The van der Waals surface area contributed by atoms with E-state index in [0.717, 1.165) is 83.0 Å². The summed E-state index contributed by atoms with van der Waals surface area (Å²) in [4.78, 5) is 17.2. The fraction of sp³-hybridized carbons (Fsp3) is 0.514. The number of aromatic hydroxyl groups is 3. The van der Waals surface area contributed by atoms with Crippen LogP contribution in [-0.2, 0) is 42.5 Å². The zero-order valence-corrected chi connectivity index (χ0v) is 46.6. The summed E-state index contributed by atoms with van der Waals surface area (Å²) < 4.78 is 5.80. The third-order valence-corrected chi connectivity index (χ3v) is 25.3. The summed E-state index contributed by atoms with van der Waals surface area (Å²) in [5, 5.41) is 91.8. The van der Waals surface area contributed by atoms with Gasteiger partial charge in [-0.1, -0.05) is 90.4 Å². The molecule has 8 N–H and O–H groups in total. The highest BCUT2D eigenvalue weighted by atomic mass is 16.5. The van der Waals surface area contributed by atoms with Gasteiger partial charge in [-0.05, 0) is 198 Å². The molecule has 0 amide bonds. The normalized spacial score (nSPS) is 42.2. The van der Waals surface area contributed by atoms with E-state index in [-0.39, 0.29) is 76.1 Å². The van der Waals surface area contributed by atoms with Crippen LogP contribution < -0.4 is 10.1 Å². The first-order chi connectivity index (χ1) is 39.7. The Bertz CT molecular complexity index is 3720. The summed E-state index contributed by atoms with van der Waals surface area (Å²) >= 11 is 0. The maximum Gasteiger partial charge on any atom is 0.160 e. The molecule has 82 heavy (non-hydrogen) atoms. The molecule has 19 atom stereocenters. The van der Waals surface area contributed by atoms with Crippen LogP contribution in [0.25, 0.3) is 0 Å². The maximum atomic E-state index is 17.2. The Morgan fingerprint density at radius 2 is 1.68 bits per heavy atom. The molecule has 17 aliphatic rings. The summed E-state index contributed by atoms with van der Waals surface area (Å²) in [6.07, 6.45) is 16.3. The number of carbonyl (C=O) groups is 1. The molecule has 0 radical (unpaired) electrons. The molecule has 4 saturated carbocycles. The lowest BCUT2D eigenvalue weighted by molar-refractivity contribution is -0.261. The lowest BCUT2D eigenvalue weighted by Crippen LogP contribution is -2.87. The molecule has 1 heterocycles. The topological polar surface area (TPSA) is 180 Å². The number of aliphatic hydroxyl groups is 4. The fourth-order valence-corrected chi connectivity index (χ4v) is 22.5. The highest BCUT2D eigenvalue weighted by molar-refractivity contribution is 5.84. The van der Waals surface area contributed by atoms with Gasteiger partial charge in [0.2, 0.25) is 0 Å². The monoisotopic (exact) mass is 1100 g/mol. The number of ketones is 1. The number of benzene rings is 4. The Morgan fingerprint density at radius 1 is 0.841 bits per heavy atom. The lowest BCUT2D eigenvalue weighted by atomic mass is 9.23. The van der Waals surface area contributed by atoms with E-state index in [2.05, 4.69) is 71.5 Å². The SMILES string of the molecule is COc1cc(C2CC(=O)C3Cc4cc5cc6c4C(C#CCC4NC78CCC3(O)C(C4C#CC2Cc2ccccc2)C72c3cc(O)c(O)cc3C3CC2C24CC37CCCC7C=C2C2CC(O)C(=CC2=CC4C8)C5)C(O)CC6)c(CO)cc1O. The Hall–Kier alpha value is -6.11. The zero-order chi connectivity index (χ0) is 55.6. The number of rotatable bonds is 5. The number of aryl methyl sites for hydroxylation is 1. The number of allylic oxidation sites excluding steroid dienone is 5. The second-order valence-electron chi connectivity index (χ2n) is 28.2. The van der Waals surface area contributed by atoms with Gasteiger partial charge in [0.05, 0.1) is 43.4 Å². The summed E-state index contributed by atoms with van der Waals surface area (Å²) in [6, 6.07) is 21.5. The first-order valence-corrected chi connectivity index (χ1v) is 31.0. The number of carbonyl (C=O) groups excluding carboxylic acids is 1. The molecule has 4 spiro atoms. The highest BCUT2D eigenvalue weighted by Gasteiger charge is 2.84. The van der Waals surface area contributed by atoms with Gasteiger partial charge in [-0.3, -0.25) is 4.79 Å². The Morgan fingerprint density at radius 3 is 2.52 bits per heavy atom. The van der Waals surface area contributed by atoms with Crippen LogP contribution in [0, 0.1) is 81.9 Å². The number of piperidine rings is 1. The molecule has 4 aromatic carbocycles. The number of phenolic OH excluding ortho intramolecular Hbond substituents is 3. The van der Waals surface area contributed by atoms with Crippen LogP contribution in [0.15, 0.2) is 102 Å². The van der Waals surface area contributed by atoms with Gasteiger partial charge in [-0.15, -0.1) is 5.92 Å². The fourth-order valence-electron chi connectivity index (χ4n) is 22.5. The largest absolute Gasteiger partial charge is 0.504 e. The molecule has 0 aromatic heterocycles.